The van der Waals surface area contributed by atoms with Crippen LogP contribution < -0.4 is 4.90 Å². The van der Waals surface area contributed by atoms with Crippen LogP contribution in [0, 0.1) is 5.92 Å². The Morgan fingerprint density at radius 3 is 2.80 bits per heavy atom. The minimum Gasteiger partial charge on any atom is -0.359 e. The lowest BCUT2D eigenvalue weighted by Crippen LogP contribution is -2.25. The van der Waals surface area contributed by atoms with Crippen LogP contribution in [0.2, 0.25) is 5.28 Å². The molecule has 2 aromatic rings. The van der Waals surface area contributed by atoms with E-state index in [2.05, 4.69) is 34.9 Å². The number of aromatic nitrogens is 2. The number of nitrogens with zero attached hydrogens (tertiary/aromatic N) is 3. The van der Waals surface area contributed by atoms with Gasteiger partial charge in [-0.25, -0.2) is 4.98 Å². The Labute approximate surface area is 129 Å². The van der Waals surface area contributed by atoms with Crippen molar-refractivity contribution in [2.45, 2.75) is 39.0 Å². The molecule has 108 valence electrons. The van der Waals surface area contributed by atoms with Crippen LogP contribution in [-0.4, -0.2) is 23.6 Å². The molecule has 0 aliphatic heterocycles. The van der Waals surface area contributed by atoms with Crippen LogP contribution in [0.3, 0.4) is 0 Å². The molecule has 0 saturated heterocycles. The average molecular weight is 310 g/mol. The molecule has 0 radical (unpaired) electrons. The molecule has 0 aromatic carbocycles. The summed E-state index contributed by atoms with van der Waals surface area (Å²) in [5.74, 6) is 1.79. The second-order valence-corrected chi connectivity index (χ2v) is 7.09. The maximum Gasteiger partial charge on any atom is 0.225 e. The summed E-state index contributed by atoms with van der Waals surface area (Å²) in [5, 5.41) is 1.51. The maximum absolute atomic E-state index is 6.09. The van der Waals surface area contributed by atoms with Crippen molar-refractivity contribution in [3.8, 4) is 0 Å². The average Bonchev–Trinajstić information content (AvgIpc) is 3.06. The molecule has 0 atom stereocenters. The lowest BCUT2D eigenvalue weighted by Gasteiger charge is -2.22. The summed E-state index contributed by atoms with van der Waals surface area (Å²) in [6.45, 7) is 3.24. The van der Waals surface area contributed by atoms with Gasteiger partial charge in [0.1, 0.15) is 10.6 Å². The highest BCUT2D eigenvalue weighted by atomic mass is 35.5. The van der Waals surface area contributed by atoms with Crippen LogP contribution in [-0.2, 0) is 6.42 Å². The van der Waals surface area contributed by atoms with Crippen LogP contribution in [0.5, 0.6) is 0 Å². The van der Waals surface area contributed by atoms with Crippen molar-refractivity contribution in [1.82, 2.24) is 9.97 Å². The maximum atomic E-state index is 6.09. The second kappa shape index (κ2) is 5.86. The van der Waals surface area contributed by atoms with Gasteiger partial charge in [0.25, 0.3) is 0 Å². The number of anilines is 1. The zero-order valence-electron chi connectivity index (χ0n) is 12.0. The number of rotatable bonds is 4. The molecule has 1 saturated carbocycles. The van der Waals surface area contributed by atoms with Crippen molar-refractivity contribution in [1.29, 1.82) is 0 Å². The molecule has 0 amide bonds. The lowest BCUT2D eigenvalue weighted by atomic mass is 10.1. The molecule has 3 nitrogen and oxygen atoms in total. The predicted molar refractivity (Wildman–Crippen MR) is 87.0 cm³/mol. The molecule has 0 spiro atoms. The number of hydrogen-bond acceptors (Lipinski definition) is 4. The Balaban J connectivity index is 1.93. The Bertz CT molecular complexity index is 604. The van der Waals surface area contributed by atoms with Crippen molar-refractivity contribution in [2.75, 3.05) is 18.5 Å². The van der Waals surface area contributed by atoms with E-state index in [9.17, 15) is 0 Å². The zero-order chi connectivity index (χ0) is 14.1. The fraction of sp³-hybridized carbons (Fsp3) is 0.600. The summed E-state index contributed by atoms with van der Waals surface area (Å²) >= 11 is 7.82. The first kappa shape index (κ1) is 14.1. The number of hydrogen-bond donors (Lipinski definition) is 0. The van der Waals surface area contributed by atoms with Crippen LogP contribution in [0.15, 0.2) is 6.07 Å². The van der Waals surface area contributed by atoms with Crippen molar-refractivity contribution in [3.05, 3.63) is 16.2 Å². The number of fused-ring (bicyclic) bond motifs is 1. The first-order chi connectivity index (χ1) is 9.67. The SMILES string of the molecule is CCc1cc2c(N(C)CC3CCCC3)nc(Cl)nc2s1. The van der Waals surface area contributed by atoms with Crippen molar-refractivity contribution in [2.24, 2.45) is 5.92 Å². The van der Waals surface area contributed by atoms with Gasteiger partial charge in [-0.05, 0) is 42.8 Å². The van der Waals surface area contributed by atoms with Gasteiger partial charge in [-0.3, -0.25) is 0 Å². The molecular weight excluding hydrogens is 290 g/mol. The third-order valence-corrected chi connectivity index (χ3v) is 5.46. The molecule has 3 rings (SSSR count). The highest BCUT2D eigenvalue weighted by molar-refractivity contribution is 7.18. The minimum absolute atomic E-state index is 0.357. The van der Waals surface area contributed by atoms with E-state index in [0.29, 0.717) is 5.28 Å². The Hall–Kier alpha value is -0.870. The highest BCUT2D eigenvalue weighted by Crippen LogP contribution is 2.33. The molecule has 1 fully saturated rings. The van der Waals surface area contributed by atoms with E-state index in [1.165, 1.54) is 30.6 Å². The Morgan fingerprint density at radius 1 is 1.35 bits per heavy atom. The van der Waals surface area contributed by atoms with Gasteiger partial charge >= 0.3 is 0 Å². The summed E-state index contributed by atoms with van der Waals surface area (Å²) in [5.41, 5.74) is 0. The lowest BCUT2D eigenvalue weighted by molar-refractivity contribution is 0.545. The van der Waals surface area contributed by atoms with Gasteiger partial charge < -0.3 is 4.90 Å². The third kappa shape index (κ3) is 2.77. The van der Waals surface area contributed by atoms with E-state index in [1.807, 2.05) is 0 Å². The second-order valence-electron chi connectivity index (χ2n) is 5.63. The van der Waals surface area contributed by atoms with E-state index < -0.39 is 0 Å². The van der Waals surface area contributed by atoms with Crippen LogP contribution in [0.4, 0.5) is 5.82 Å². The zero-order valence-corrected chi connectivity index (χ0v) is 13.6. The molecule has 5 heteroatoms. The van der Waals surface area contributed by atoms with Crippen molar-refractivity contribution < 1.29 is 0 Å². The first-order valence-electron chi connectivity index (χ1n) is 7.34. The van der Waals surface area contributed by atoms with Gasteiger partial charge in [0.2, 0.25) is 5.28 Å². The summed E-state index contributed by atoms with van der Waals surface area (Å²) in [4.78, 5) is 13.5. The van der Waals surface area contributed by atoms with Crippen LogP contribution in [0.1, 0.15) is 37.5 Å². The topological polar surface area (TPSA) is 29.0 Å². The largest absolute Gasteiger partial charge is 0.359 e. The van der Waals surface area contributed by atoms with Crippen molar-refractivity contribution in [3.63, 3.8) is 0 Å². The minimum atomic E-state index is 0.357. The van der Waals surface area contributed by atoms with Crippen molar-refractivity contribution >= 4 is 39.0 Å². The van der Waals surface area contributed by atoms with Gasteiger partial charge in [-0.15, -0.1) is 11.3 Å². The van der Waals surface area contributed by atoms with Gasteiger partial charge in [-0.2, -0.15) is 4.98 Å². The number of thiophene rings is 1. The van der Waals surface area contributed by atoms with Gasteiger partial charge in [-0.1, -0.05) is 19.8 Å². The molecule has 0 bridgehead atoms. The van der Waals surface area contributed by atoms with Crippen LogP contribution in [0.25, 0.3) is 10.2 Å². The molecule has 2 heterocycles. The molecule has 0 N–H and O–H groups in total. The summed E-state index contributed by atoms with van der Waals surface area (Å²) < 4.78 is 0. The molecular formula is C15H20ClN3S. The van der Waals surface area contributed by atoms with Gasteiger partial charge in [0.05, 0.1) is 5.39 Å². The fourth-order valence-corrected chi connectivity index (χ4v) is 4.24. The Morgan fingerprint density at radius 2 is 2.10 bits per heavy atom. The normalized spacial score (nSPS) is 16.1. The fourth-order valence-electron chi connectivity index (χ4n) is 3.06. The third-order valence-electron chi connectivity index (χ3n) is 4.11. The quantitative estimate of drug-likeness (QED) is 0.777. The molecule has 1 aliphatic rings. The highest BCUT2D eigenvalue weighted by Gasteiger charge is 2.20. The standard InChI is InChI=1S/C15H20ClN3S/c1-3-11-8-12-13(17-15(16)18-14(12)20-11)19(2)9-10-6-4-5-7-10/h8,10H,3-7,9H2,1-2H3. The van der Waals surface area contributed by atoms with E-state index in [-0.39, 0.29) is 0 Å². The van der Waals surface area contributed by atoms with Gasteiger partial charge in [0, 0.05) is 18.5 Å². The molecule has 0 unspecified atom stereocenters. The summed E-state index contributed by atoms with van der Waals surface area (Å²) in [6, 6.07) is 2.22. The predicted octanol–water partition coefficient (Wildman–Crippen LogP) is 4.53. The number of halogens is 1. The van der Waals surface area contributed by atoms with E-state index in [1.54, 1.807) is 11.3 Å². The Kier molecular flexibility index (Phi) is 4.13. The first-order valence-corrected chi connectivity index (χ1v) is 8.54. The van der Waals surface area contributed by atoms with Gasteiger partial charge in [0.15, 0.2) is 0 Å². The smallest absolute Gasteiger partial charge is 0.225 e. The molecule has 1 aliphatic carbocycles. The molecule has 20 heavy (non-hydrogen) atoms. The van der Waals surface area contributed by atoms with E-state index in [0.717, 1.165) is 34.9 Å². The number of aryl methyl sites for hydroxylation is 1. The monoisotopic (exact) mass is 309 g/mol. The summed E-state index contributed by atoms with van der Waals surface area (Å²) in [7, 11) is 2.12. The van der Waals surface area contributed by atoms with E-state index >= 15 is 0 Å². The van der Waals surface area contributed by atoms with E-state index in [4.69, 9.17) is 11.6 Å². The summed E-state index contributed by atoms with van der Waals surface area (Å²) in [6.07, 6.45) is 6.46. The van der Waals surface area contributed by atoms with Crippen LogP contribution >= 0.6 is 22.9 Å². The molecule has 2 aromatic heterocycles.